The first-order chi connectivity index (χ1) is 12.4. The molecule has 5 atom stereocenters. The van der Waals surface area contributed by atoms with Gasteiger partial charge in [0, 0.05) is 5.56 Å². The molecule has 4 N–H and O–H groups in total. The van der Waals surface area contributed by atoms with Crippen molar-refractivity contribution in [2.45, 2.75) is 36.9 Å². The second-order valence-corrected chi connectivity index (χ2v) is 6.06. The van der Waals surface area contributed by atoms with Crippen LogP contribution in [0, 0.1) is 5.82 Å². The van der Waals surface area contributed by atoms with Gasteiger partial charge in [-0.25, -0.2) is 9.07 Å². The Balaban J connectivity index is 1.91. The van der Waals surface area contributed by atoms with Gasteiger partial charge < -0.3 is 25.2 Å². The van der Waals surface area contributed by atoms with Crippen molar-refractivity contribution in [3.63, 3.8) is 0 Å². The zero-order valence-corrected chi connectivity index (χ0v) is 13.5. The Morgan fingerprint density at radius 2 is 2.00 bits per heavy atom. The third kappa shape index (κ3) is 3.58. The van der Waals surface area contributed by atoms with Crippen molar-refractivity contribution >= 4 is 5.97 Å². The van der Waals surface area contributed by atoms with Crippen LogP contribution in [-0.2, 0) is 9.53 Å². The summed E-state index contributed by atoms with van der Waals surface area (Å²) in [7, 11) is 0. The molecular weight excluding hydrogens is 349 g/mol. The standard InChI is InChI=1S/C16H18FN3O6/c17-9-3-1-2-8(4-9)10-6-20(19-18-10)14-15(24)11(5-13(22)23)26-12(7-21)16(14)25/h1-4,6,11-12,14-16,21,24-25H,5,7H2,(H,22,23). The molecule has 0 spiro atoms. The highest BCUT2D eigenvalue weighted by Crippen LogP contribution is 2.32. The number of benzene rings is 1. The van der Waals surface area contributed by atoms with Gasteiger partial charge in [0.2, 0.25) is 0 Å². The Bertz CT molecular complexity index is 785. The molecule has 0 radical (unpaired) electrons. The summed E-state index contributed by atoms with van der Waals surface area (Å²) in [6.07, 6.45) is -4.07. The van der Waals surface area contributed by atoms with E-state index in [9.17, 15) is 24.5 Å². The van der Waals surface area contributed by atoms with Crippen LogP contribution in [0.4, 0.5) is 4.39 Å². The maximum Gasteiger partial charge on any atom is 0.306 e. The number of nitrogens with zero attached hydrogens (tertiary/aromatic N) is 3. The molecule has 1 fully saturated rings. The number of aliphatic hydroxyl groups excluding tert-OH is 3. The molecule has 1 aromatic carbocycles. The number of halogens is 1. The summed E-state index contributed by atoms with van der Waals surface area (Å²) in [5, 5.41) is 47.0. The lowest BCUT2D eigenvalue weighted by Crippen LogP contribution is -2.56. The molecule has 9 nitrogen and oxygen atoms in total. The number of carboxylic acid groups (broad SMARTS) is 1. The molecule has 1 saturated heterocycles. The number of aliphatic hydroxyl groups is 3. The summed E-state index contributed by atoms with van der Waals surface area (Å²) in [5.41, 5.74) is 0.763. The summed E-state index contributed by atoms with van der Waals surface area (Å²) < 4.78 is 19.8. The van der Waals surface area contributed by atoms with Crippen LogP contribution in [0.3, 0.4) is 0 Å². The minimum Gasteiger partial charge on any atom is -0.481 e. The SMILES string of the molecule is O=C(O)CC1OC(CO)C(O)C(n2cc(-c3cccc(F)c3)nn2)C1O. The highest BCUT2D eigenvalue weighted by atomic mass is 19.1. The zero-order chi connectivity index (χ0) is 18.8. The van der Waals surface area contributed by atoms with Crippen molar-refractivity contribution in [1.29, 1.82) is 0 Å². The Morgan fingerprint density at radius 3 is 2.65 bits per heavy atom. The molecule has 2 heterocycles. The maximum atomic E-state index is 13.4. The topological polar surface area (TPSA) is 138 Å². The van der Waals surface area contributed by atoms with E-state index >= 15 is 0 Å². The minimum absolute atomic E-state index is 0.311. The van der Waals surface area contributed by atoms with E-state index < -0.39 is 55.3 Å². The van der Waals surface area contributed by atoms with E-state index in [0.717, 1.165) is 0 Å². The summed E-state index contributed by atoms with van der Waals surface area (Å²) in [6.45, 7) is -0.564. The Kier molecular flexibility index (Phi) is 5.28. The zero-order valence-electron chi connectivity index (χ0n) is 13.5. The monoisotopic (exact) mass is 367 g/mol. The van der Waals surface area contributed by atoms with Crippen molar-refractivity contribution in [3.05, 3.63) is 36.3 Å². The van der Waals surface area contributed by atoms with Crippen LogP contribution in [0.2, 0.25) is 0 Å². The Morgan fingerprint density at radius 1 is 1.27 bits per heavy atom. The van der Waals surface area contributed by atoms with Gasteiger partial charge in [-0.1, -0.05) is 17.3 Å². The molecule has 26 heavy (non-hydrogen) atoms. The van der Waals surface area contributed by atoms with E-state index in [1.807, 2.05) is 0 Å². The van der Waals surface area contributed by atoms with E-state index in [4.69, 9.17) is 9.84 Å². The Hall–Kier alpha value is -2.40. The molecule has 3 rings (SSSR count). The first-order valence-corrected chi connectivity index (χ1v) is 7.92. The number of carbonyl (C=O) groups is 1. The summed E-state index contributed by atoms with van der Waals surface area (Å²) in [4.78, 5) is 11.0. The van der Waals surface area contributed by atoms with Crippen LogP contribution in [0.15, 0.2) is 30.5 Å². The third-order valence-corrected chi connectivity index (χ3v) is 4.30. The van der Waals surface area contributed by atoms with Gasteiger partial charge in [0.25, 0.3) is 0 Å². The molecular formula is C16H18FN3O6. The van der Waals surface area contributed by atoms with E-state index in [2.05, 4.69) is 10.3 Å². The maximum absolute atomic E-state index is 13.4. The van der Waals surface area contributed by atoms with Gasteiger partial charge in [-0.05, 0) is 12.1 Å². The van der Waals surface area contributed by atoms with E-state index in [-0.39, 0.29) is 0 Å². The minimum atomic E-state index is -1.40. The number of ether oxygens (including phenoxy) is 1. The number of carboxylic acids is 1. The van der Waals surface area contributed by atoms with Crippen LogP contribution >= 0.6 is 0 Å². The number of hydrogen-bond donors (Lipinski definition) is 4. The first-order valence-electron chi connectivity index (χ1n) is 7.92. The normalized spacial score (nSPS) is 28.8. The predicted octanol–water partition coefficient (Wildman–Crippen LogP) is -0.419. The van der Waals surface area contributed by atoms with Gasteiger partial charge in [-0.3, -0.25) is 4.79 Å². The van der Waals surface area contributed by atoms with E-state index in [1.54, 1.807) is 6.07 Å². The molecule has 0 saturated carbocycles. The smallest absolute Gasteiger partial charge is 0.306 e. The molecule has 0 amide bonds. The first kappa shape index (κ1) is 18.4. The fourth-order valence-corrected chi connectivity index (χ4v) is 3.03. The second-order valence-electron chi connectivity index (χ2n) is 6.06. The average Bonchev–Trinajstić information content (AvgIpc) is 3.07. The molecule has 5 unspecified atom stereocenters. The Labute approximate surface area is 147 Å². The average molecular weight is 367 g/mol. The molecule has 10 heteroatoms. The molecule has 1 aromatic heterocycles. The van der Waals surface area contributed by atoms with E-state index in [1.165, 1.54) is 29.1 Å². The van der Waals surface area contributed by atoms with Crippen LogP contribution in [0.5, 0.6) is 0 Å². The van der Waals surface area contributed by atoms with Crippen molar-refractivity contribution in [2.24, 2.45) is 0 Å². The van der Waals surface area contributed by atoms with Gasteiger partial charge in [-0.15, -0.1) is 5.10 Å². The number of aromatic nitrogens is 3. The van der Waals surface area contributed by atoms with Gasteiger partial charge in [0.15, 0.2) is 0 Å². The summed E-state index contributed by atoms with van der Waals surface area (Å²) in [6, 6.07) is 4.59. The number of hydrogen-bond acceptors (Lipinski definition) is 7. The van der Waals surface area contributed by atoms with Gasteiger partial charge in [0.1, 0.15) is 35.9 Å². The van der Waals surface area contributed by atoms with Crippen LogP contribution in [-0.4, -0.2) is 72.4 Å². The molecule has 0 aliphatic carbocycles. The lowest BCUT2D eigenvalue weighted by molar-refractivity contribution is -0.209. The number of rotatable bonds is 5. The van der Waals surface area contributed by atoms with Crippen LogP contribution < -0.4 is 0 Å². The second kappa shape index (κ2) is 7.46. The number of aliphatic carboxylic acids is 1. The quantitative estimate of drug-likeness (QED) is 0.559. The van der Waals surface area contributed by atoms with Crippen molar-refractivity contribution in [1.82, 2.24) is 15.0 Å². The van der Waals surface area contributed by atoms with Gasteiger partial charge in [-0.2, -0.15) is 0 Å². The molecule has 1 aliphatic heterocycles. The van der Waals surface area contributed by atoms with Gasteiger partial charge >= 0.3 is 5.97 Å². The highest BCUT2D eigenvalue weighted by Gasteiger charge is 2.46. The molecule has 0 bridgehead atoms. The lowest BCUT2D eigenvalue weighted by Gasteiger charge is -2.41. The van der Waals surface area contributed by atoms with Crippen LogP contribution in [0.1, 0.15) is 12.5 Å². The summed E-state index contributed by atoms with van der Waals surface area (Å²) >= 11 is 0. The van der Waals surface area contributed by atoms with Crippen LogP contribution in [0.25, 0.3) is 11.3 Å². The molecule has 1 aliphatic rings. The lowest BCUT2D eigenvalue weighted by atomic mass is 9.91. The van der Waals surface area contributed by atoms with E-state index in [0.29, 0.717) is 11.3 Å². The fourth-order valence-electron chi connectivity index (χ4n) is 3.03. The summed E-state index contributed by atoms with van der Waals surface area (Å²) in [5.74, 6) is -1.65. The fraction of sp³-hybridized carbons (Fsp3) is 0.438. The predicted molar refractivity (Wildman–Crippen MR) is 84.5 cm³/mol. The van der Waals surface area contributed by atoms with Crippen molar-refractivity contribution < 1.29 is 34.3 Å². The van der Waals surface area contributed by atoms with Gasteiger partial charge in [0.05, 0.1) is 25.3 Å². The highest BCUT2D eigenvalue weighted by molar-refractivity contribution is 5.67. The van der Waals surface area contributed by atoms with Crippen molar-refractivity contribution in [3.8, 4) is 11.3 Å². The third-order valence-electron chi connectivity index (χ3n) is 4.30. The largest absolute Gasteiger partial charge is 0.481 e. The molecule has 140 valence electrons. The molecule has 2 aromatic rings. The van der Waals surface area contributed by atoms with Crippen molar-refractivity contribution in [2.75, 3.05) is 6.61 Å².